The second-order valence-corrected chi connectivity index (χ2v) is 10.6. The van der Waals surface area contributed by atoms with E-state index >= 15 is 0 Å². The van der Waals surface area contributed by atoms with Crippen LogP contribution in [0.2, 0.25) is 0 Å². The van der Waals surface area contributed by atoms with Crippen molar-refractivity contribution in [3.8, 4) is 5.75 Å². The summed E-state index contributed by atoms with van der Waals surface area (Å²) in [6.07, 6.45) is -0.443. The number of hydrogen-bond donors (Lipinski definition) is 0. The average Bonchev–Trinajstić information content (AvgIpc) is 2.56. The molecule has 2 heterocycles. The molecule has 5 nitrogen and oxygen atoms in total. The minimum atomic E-state index is -0.443. The van der Waals surface area contributed by atoms with Gasteiger partial charge in [0.05, 0.1) is 19.8 Å². The van der Waals surface area contributed by atoms with Gasteiger partial charge in [0.2, 0.25) is 6.29 Å². The van der Waals surface area contributed by atoms with Crippen LogP contribution in [0.1, 0.15) is 52.7 Å². The third-order valence-electron chi connectivity index (χ3n) is 4.80. The lowest BCUT2D eigenvalue weighted by molar-refractivity contribution is -0.171. The van der Waals surface area contributed by atoms with Crippen LogP contribution in [-0.2, 0) is 28.9 Å². The Morgan fingerprint density at radius 2 is 1.54 bits per heavy atom. The van der Waals surface area contributed by atoms with Gasteiger partial charge in [0, 0.05) is 0 Å². The summed E-state index contributed by atoms with van der Waals surface area (Å²) in [4.78, 5) is 0. The molecule has 1 spiro atoms. The van der Waals surface area contributed by atoms with Gasteiger partial charge in [-0.25, -0.2) is 0 Å². The van der Waals surface area contributed by atoms with Crippen molar-refractivity contribution in [2.75, 3.05) is 19.8 Å². The van der Waals surface area contributed by atoms with Gasteiger partial charge >= 0.3 is 0 Å². The largest absolute Gasteiger partial charge is 0.463 e. The highest BCUT2D eigenvalue weighted by Crippen LogP contribution is 2.45. The molecule has 0 aliphatic carbocycles. The molecular weight excluding hydrogens is 370 g/mol. The topological polar surface area (TPSA) is 46.2 Å². The van der Waals surface area contributed by atoms with E-state index < -0.39 is 11.7 Å². The van der Waals surface area contributed by atoms with Crippen molar-refractivity contribution in [1.82, 2.24) is 0 Å². The molecule has 146 valence electrons. The first-order chi connectivity index (χ1) is 12.1. The Kier molecular flexibility index (Phi) is 6.00. The van der Waals surface area contributed by atoms with Crippen molar-refractivity contribution in [1.29, 1.82) is 0 Å². The highest BCUT2D eigenvalue weighted by atomic mass is 31.1. The summed E-state index contributed by atoms with van der Waals surface area (Å²) in [6.45, 7) is 14.9. The third-order valence-corrected chi connectivity index (χ3v) is 5.90. The molecule has 3 rings (SSSR count). The van der Waals surface area contributed by atoms with Crippen LogP contribution in [-0.4, -0.2) is 26.1 Å². The zero-order valence-electron chi connectivity index (χ0n) is 16.5. The van der Waals surface area contributed by atoms with E-state index in [1.54, 1.807) is 0 Å². The Morgan fingerprint density at radius 1 is 0.923 bits per heavy atom. The maximum Gasteiger partial charge on any atom is 0.217 e. The van der Waals surface area contributed by atoms with Crippen LogP contribution in [0, 0.1) is 5.41 Å². The normalized spacial score (nSPS) is 29.4. The van der Waals surface area contributed by atoms with Gasteiger partial charge in [-0.3, -0.25) is 4.52 Å². The van der Waals surface area contributed by atoms with Gasteiger partial charge in [0.15, 0.2) is 18.1 Å². The van der Waals surface area contributed by atoms with Crippen molar-refractivity contribution in [3.05, 3.63) is 29.3 Å². The number of ether oxygens (including phenoxy) is 1. The van der Waals surface area contributed by atoms with E-state index in [9.17, 15) is 0 Å². The molecule has 7 heteroatoms. The molecule has 1 aromatic carbocycles. The fourth-order valence-corrected chi connectivity index (χ4v) is 4.62. The first-order valence-corrected chi connectivity index (χ1v) is 10.6. The van der Waals surface area contributed by atoms with Crippen LogP contribution in [0.5, 0.6) is 5.75 Å². The lowest BCUT2D eigenvalue weighted by Crippen LogP contribution is -2.52. The molecule has 2 aliphatic heterocycles. The summed E-state index contributed by atoms with van der Waals surface area (Å²) in [5.74, 6) is 0.856. The second-order valence-electron chi connectivity index (χ2n) is 9.17. The van der Waals surface area contributed by atoms with Crippen molar-refractivity contribution >= 4 is 18.1 Å². The molecule has 2 aliphatic rings. The maximum absolute atomic E-state index is 6.42. The number of benzene rings is 1. The molecule has 0 bridgehead atoms. The average molecular weight is 400 g/mol. The molecule has 2 fully saturated rings. The predicted molar refractivity (Wildman–Crippen MR) is 106 cm³/mol. The van der Waals surface area contributed by atoms with E-state index in [2.05, 4.69) is 59.7 Å². The van der Waals surface area contributed by atoms with E-state index in [1.165, 1.54) is 11.1 Å². The first-order valence-electron chi connectivity index (χ1n) is 8.95. The monoisotopic (exact) mass is 400 g/mol. The third kappa shape index (κ3) is 4.41. The zero-order valence-corrected chi connectivity index (χ0v) is 18.5. The number of hydrogen-bond acceptors (Lipinski definition) is 5. The Balaban J connectivity index is 1.93. The Hall–Kier alpha value is -0.280. The smallest absolute Gasteiger partial charge is 0.217 e. The summed E-state index contributed by atoms with van der Waals surface area (Å²) in [5.41, 5.74) is 2.09. The molecule has 2 unspecified atom stereocenters. The molecule has 2 saturated heterocycles. The quantitative estimate of drug-likeness (QED) is 0.648. The summed E-state index contributed by atoms with van der Waals surface area (Å²) in [7, 11) is 0.0438. The van der Waals surface area contributed by atoms with E-state index in [4.69, 9.17) is 22.8 Å². The molecule has 0 N–H and O–H groups in total. The Morgan fingerprint density at radius 3 is 2.12 bits per heavy atom. The lowest BCUT2D eigenvalue weighted by Gasteiger charge is -2.44. The van der Waals surface area contributed by atoms with Crippen LogP contribution in [0.3, 0.4) is 0 Å². The van der Waals surface area contributed by atoms with Gasteiger partial charge < -0.3 is 18.3 Å². The second kappa shape index (κ2) is 7.62. The van der Waals surface area contributed by atoms with Crippen LogP contribution in [0.25, 0.3) is 0 Å². The predicted octanol–water partition coefficient (Wildman–Crippen LogP) is 5.08. The first kappa shape index (κ1) is 20.5. The minimum Gasteiger partial charge on any atom is -0.463 e. The van der Waals surface area contributed by atoms with Gasteiger partial charge in [0.1, 0.15) is 11.2 Å². The number of rotatable bonds is 2. The Bertz CT molecular complexity index is 622. The highest BCUT2D eigenvalue weighted by Gasteiger charge is 2.48. The summed E-state index contributed by atoms with van der Waals surface area (Å²) in [6, 6.07) is 6.48. The van der Waals surface area contributed by atoms with Crippen LogP contribution in [0.15, 0.2) is 18.2 Å². The molecular formula is C19H30O5P2. The molecule has 0 radical (unpaired) electrons. The zero-order chi connectivity index (χ0) is 19.0. The maximum atomic E-state index is 6.42. The van der Waals surface area contributed by atoms with E-state index in [0.29, 0.717) is 19.8 Å². The van der Waals surface area contributed by atoms with Crippen molar-refractivity contribution in [3.63, 3.8) is 0 Å². The van der Waals surface area contributed by atoms with Gasteiger partial charge in [0.25, 0.3) is 0 Å². The van der Waals surface area contributed by atoms with Crippen LogP contribution < -0.4 is 4.74 Å². The molecule has 0 amide bonds. The molecule has 0 saturated carbocycles. The highest BCUT2D eigenvalue weighted by molar-refractivity contribution is 7.26. The molecule has 2 atom stereocenters. The van der Waals surface area contributed by atoms with Gasteiger partial charge in [-0.05, 0) is 28.0 Å². The summed E-state index contributed by atoms with van der Waals surface area (Å²) < 4.78 is 29.0. The van der Waals surface area contributed by atoms with E-state index in [1.807, 2.05) is 0 Å². The fourth-order valence-electron chi connectivity index (χ4n) is 3.04. The van der Waals surface area contributed by atoms with Gasteiger partial charge in [-0.15, -0.1) is 0 Å². The summed E-state index contributed by atoms with van der Waals surface area (Å²) >= 11 is 0. The van der Waals surface area contributed by atoms with E-state index in [-0.39, 0.29) is 28.9 Å². The minimum absolute atomic E-state index is 0.0298. The van der Waals surface area contributed by atoms with Crippen LogP contribution >= 0.6 is 18.1 Å². The summed E-state index contributed by atoms with van der Waals surface area (Å²) in [5, 5.41) is 0. The van der Waals surface area contributed by atoms with E-state index in [0.717, 1.165) is 5.75 Å². The van der Waals surface area contributed by atoms with Crippen molar-refractivity contribution in [2.24, 2.45) is 5.41 Å². The van der Waals surface area contributed by atoms with Crippen LogP contribution in [0.4, 0.5) is 0 Å². The fraction of sp³-hybridized carbons (Fsp3) is 0.684. The van der Waals surface area contributed by atoms with Crippen molar-refractivity contribution in [2.45, 2.75) is 58.7 Å². The SMILES string of the molecule is CC(C)(C)c1ccc(OC2OPOCC23COPOC3)c(C(C)(C)C)c1. The lowest BCUT2D eigenvalue weighted by atomic mass is 9.80. The van der Waals surface area contributed by atoms with Gasteiger partial charge in [-0.1, -0.05) is 53.7 Å². The molecule has 0 aromatic heterocycles. The molecule has 26 heavy (non-hydrogen) atoms. The molecule has 1 aromatic rings. The standard InChI is InChI=1S/C19H30O5P2/c1-17(2,3)13-7-8-15(14(9-13)18(4,5)6)23-16-19(12-22-26-24-16)10-20-25-21-11-19/h7-9,16,25-26H,10-12H2,1-6H3. The Labute approximate surface area is 160 Å². The van der Waals surface area contributed by atoms with Gasteiger partial charge in [-0.2, -0.15) is 0 Å². The van der Waals surface area contributed by atoms with Crippen molar-refractivity contribution < 1.29 is 22.8 Å².